The van der Waals surface area contributed by atoms with E-state index < -0.39 is 29.5 Å². The molecule has 0 fully saturated rings. The monoisotopic (exact) mass is 366 g/mol. The van der Waals surface area contributed by atoms with Crippen LogP contribution in [0.5, 0.6) is 0 Å². The third kappa shape index (κ3) is 3.41. The first kappa shape index (κ1) is 15.9. The molecule has 0 aromatic heterocycles. The van der Waals surface area contributed by atoms with Gasteiger partial charge in [-0.3, -0.25) is 0 Å². The van der Waals surface area contributed by atoms with Crippen LogP contribution in [0.3, 0.4) is 0 Å². The number of halogens is 6. The Labute approximate surface area is 125 Å². The molecule has 0 radical (unpaired) electrons. The first-order valence-corrected chi connectivity index (χ1v) is 6.49. The summed E-state index contributed by atoms with van der Waals surface area (Å²) in [5.41, 5.74) is -1.59. The van der Waals surface area contributed by atoms with E-state index >= 15 is 0 Å². The van der Waals surface area contributed by atoms with Gasteiger partial charge in [0.25, 0.3) is 0 Å². The highest BCUT2D eigenvalue weighted by Crippen LogP contribution is 2.34. The molecule has 2 rings (SSSR count). The molecule has 2 aromatic rings. The smallest absolute Gasteiger partial charge is 0.384 e. The second-order valence-electron chi connectivity index (χ2n) is 4.31. The highest BCUT2D eigenvalue weighted by molar-refractivity contribution is 9.10. The van der Waals surface area contributed by atoms with Crippen molar-refractivity contribution in [1.29, 1.82) is 0 Å². The van der Waals surface area contributed by atoms with Crippen molar-refractivity contribution >= 4 is 15.9 Å². The molecular formula is C14H8BrF5O. The maximum absolute atomic E-state index is 13.4. The van der Waals surface area contributed by atoms with Crippen LogP contribution in [0.1, 0.15) is 22.8 Å². The van der Waals surface area contributed by atoms with Crippen LogP contribution in [0.2, 0.25) is 0 Å². The molecule has 1 N–H and O–H groups in total. The van der Waals surface area contributed by atoms with Crippen molar-refractivity contribution in [2.45, 2.75) is 12.3 Å². The molecule has 2 aromatic carbocycles. The second kappa shape index (κ2) is 5.73. The van der Waals surface area contributed by atoms with Crippen molar-refractivity contribution in [1.82, 2.24) is 0 Å². The molecule has 0 saturated carbocycles. The zero-order valence-electron chi connectivity index (χ0n) is 10.3. The minimum atomic E-state index is -4.87. The molecule has 7 heteroatoms. The van der Waals surface area contributed by atoms with Crippen LogP contribution in [-0.4, -0.2) is 5.11 Å². The molecule has 0 bridgehead atoms. The van der Waals surface area contributed by atoms with Crippen molar-refractivity contribution in [3.05, 3.63) is 69.2 Å². The largest absolute Gasteiger partial charge is 0.419 e. The van der Waals surface area contributed by atoms with Gasteiger partial charge in [-0.25, -0.2) is 8.78 Å². The Kier molecular flexibility index (Phi) is 4.34. The van der Waals surface area contributed by atoms with E-state index in [1.807, 2.05) is 0 Å². The molecular weight excluding hydrogens is 359 g/mol. The van der Waals surface area contributed by atoms with Crippen molar-refractivity contribution < 1.29 is 27.1 Å². The van der Waals surface area contributed by atoms with Crippen molar-refractivity contribution in [3.63, 3.8) is 0 Å². The molecule has 0 heterocycles. The van der Waals surface area contributed by atoms with Crippen molar-refractivity contribution in [2.24, 2.45) is 0 Å². The van der Waals surface area contributed by atoms with Crippen LogP contribution < -0.4 is 0 Å². The average Bonchev–Trinajstić information content (AvgIpc) is 2.40. The predicted molar refractivity (Wildman–Crippen MR) is 69.6 cm³/mol. The minimum Gasteiger partial charge on any atom is -0.384 e. The Balaban J connectivity index is 2.44. The molecule has 1 nitrogen and oxygen atoms in total. The van der Waals surface area contributed by atoms with Gasteiger partial charge in [0, 0.05) is 0 Å². The third-order valence-electron chi connectivity index (χ3n) is 2.87. The summed E-state index contributed by atoms with van der Waals surface area (Å²) in [6.45, 7) is 0. The van der Waals surface area contributed by atoms with Crippen molar-refractivity contribution in [3.8, 4) is 0 Å². The number of aliphatic hydroxyl groups is 1. The number of alkyl halides is 3. The van der Waals surface area contributed by atoms with Gasteiger partial charge in [-0.05, 0) is 51.3 Å². The quantitative estimate of drug-likeness (QED) is 0.755. The topological polar surface area (TPSA) is 20.2 Å². The van der Waals surface area contributed by atoms with Gasteiger partial charge in [-0.15, -0.1) is 0 Å². The summed E-state index contributed by atoms with van der Waals surface area (Å²) in [5, 5.41) is 10.0. The number of aliphatic hydroxyl groups excluding tert-OH is 1. The molecule has 0 aliphatic rings. The van der Waals surface area contributed by atoms with E-state index in [-0.39, 0.29) is 15.6 Å². The molecule has 21 heavy (non-hydrogen) atoms. The molecule has 1 unspecified atom stereocenters. The lowest BCUT2D eigenvalue weighted by atomic mass is 9.99. The lowest BCUT2D eigenvalue weighted by molar-refractivity contribution is -0.140. The Hall–Kier alpha value is -1.47. The van der Waals surface area contributed by atoms with Crippen LogP contribution in [0, 0.1) is 11.6 Å². The molecule has 112 valence electrons. The Morgan fingerprint density at radius 3 is 2.05 bits per heavy atom. The molecule has 0 aliphatic carbocycles. The summed E-state index contributed by atoms with van der Waals surface area (Å²) in [7, 11) is 0. The lowest BCUT2D eigenvalue weighted by Crippen LogP contribution is -2.10. The zero-order valence-corrected chi connectivity index (χ0v) is 11.8. The fourth-order valence-corrected chi connectivity index (χ4v) is 2.05. The molecule has 0 aliphatic heterocycles. The molecule has 0 saturated heterocycles. The first-order valence-electron chi connectivity index (χ1n) is 5.70. The van der Waals surface area contributed by atoms with E-state index in [9.17, 15) is 27.1 Å². The Morgan fingerprint density at radius 2 is 1.48 bits per heavy atom. The van der Waals surface area contributed by atoms with Gasteiger partial charge in [-0.1, -0.05) is 12.1 Å². The molecule has 0 amide bonds. The van der Waals surface area contributed by atoms with E-state index in [1.54, 1.807) is 0 Å². The van der Waals surface area contributed by atoms with E-state index in [2.05, 4.69) is 15.9 Å². The van der Waals surface area contributed by atoms with Gasteiger partial charge in [0.15, 0.2) is 0 Å². The van der Waals surface area contributed by atoms with E-state index in [4.69, 9.17) is 0 Å². The Morgan fingerprint density at radius 1 is 0.905 bits per heavy atom. The fourth-order valence-electron chi connectivity index (χ4n) is 1.81. The van der Waals surface area contributed by atoms with Gasteiger partial charge in [0.05, 0.1) is 10.0 Å². The van der Waals surface area contributed by atoms with Gasteiger partial charge < -0.3 is 5.11 Å². The second-order valence-corrected chi connectivity index (χ2v) is 5.17. The van der Waals surface area contributed by atoms with Crippen LogP contribution >= 0.6 is 15.9 Å². The van der Waals surface area contributed by atoms with Gasteiger partial charge in [-0.2, -0.15) is 13.2 Å². The standard InChI is InChI=1S/C14H8BrF5O/c15-10-3-1-8(6-12(10)17)13(21)7-2-4-11(16)9(5-7)14(18,19)20/h1-6,13,21H. The molecule has 1 atom stereocenters. The van der Waals surface area contributed by atoms with E-state index in [1.165, 1.54) is 12.1 Å². The fraction of sp³-hybridized carbons (Fsp3) is 0.143. The summed E-state index contributed by atoms with van der Waals surface area (Å²) in [5.74, 6) is -2.09. The number of hydrogen-bond acceptors (Lipinski definition) is 1. The van der Waals surface area contributed by atoms with Gasteiger partial charge in [0.2, 0.25) is 0 Å². The van der Waals surface area contributed by atoms with Gasteiger partial charge in [0.1, 0.15) is 17.7 Å². The predicted octanol–water partition coefficient (Wildman–Crippen LogP) is 4.83. The highest BCUT2D eigenvalue weighted by atomic mass is 79.9. The summed E-state index contributed by atoms with van der Waals surface area (Å²) in [4.78, 5) is 0. The summed E-state index contributed by atoms with van der Waals surface area (Å²) >= 11 is 2.93. The maximum atomic E-state index is 13.4. The van der Waals surface area contributed by atoms with E-state index in [0.29, 0.717) is 12.1 Å². The highest BCUT2D eigenvalue weighted by Gasteiger charge is 2.34. The van der Waals surface area contributed by atoms with Crippen LogP contribution in [-0.2, 0) is 6.18 Å². The number of benzene rings is 2. The third-order valence-corrected chi connectivity index (χ3v) is 3.51. The van der Waals surface area contributed by atoms with Crippen LogP contribution in [0.4, 0.5) is 22.0 Å². The average molecular weight is 367 g/mol. The normalized spacial score (nSPS) is 13.3. The summed E-state index contributed by atoms with van der Waals surface area (Å²) in [6.07, 6.45) is -6.36. The van der Waals surface area contributed by atoms with Gasteiger partial charge >= 0.3 is 6.18 Å². The zero-order chi connectivity index (χ0) is 15.8. The van der Waals surface area contributed by atoms with Crippen LogP contribution in [0.15, 0.2) is 40.9 Å². The number of rotatable bonds is 2. The lowest BCUT2D eigenvalue weighted by Gasteiger charge is -2.15. The van der Waals surface area contributed by atoms with Crippen LogP contribution in [0.25, 0.3) is 0 Å². The first-order chi connectivity index (χ1) is 9.70. The maximum Gasteiger partial charge on any atom is 0.419 e. The van der Waals surface area contributed by atoms with Crippen molar-refractivity contribution in [2.75, 3.05) is 0 Å². The SMILES string of the molecule is OC(c1ccc(Br)c(F)c1)c1ccc(F)c(C(F)(F)F)c1. The van der Waals surface area contributed by atoms with E-state index in [0.717, 1.165) is 12.1 Å². The summed E-state index contributed by atoms with van der Waals surface area (Å²) in [6, 6.07) is 5.83. The minimum absolute atomic E-state index is 0.0652. The summed E-state index contributed by atoms with van der Waals surface area (Å²) < 4.78 is 64.6. The number of hydrogen-bond donors (Lipinski definition) is 1. The Bertz CT molecular complexity index is 669. The molecule has 0 spiro atoms.